The molecule has 0 spiro atoms. The van der Waals surface area contributed by atoms with E-state index in [1.54, 1.807) is 4.90 Å². The van der Waals surface area contributed by atoms with E-state index >= 15 is 0 Å². The number of nitrogens with zero attached hydrogens (tertiary/aromatic N) is 1. The lowest BCUT2D eigenvalue weighted by atomic mass is 10.1. The molecule has 4 nitrogen and oxygen atoms in total. The number of carbonyl (C=O) groups excluding carboxylic acids is 2. The molecule has 1 heterocycles. The Morgan fingerprint density at radius 1 is 1.27 bits per heavy atom. The largest absolute Gasteiger partial charge is 0.353 e. The molecule has 4 heteroatoms. The summed E-state index contributed by atoms with van der Waals surface area (Å²) in [6, 6.07) is 8.40. The van der Waals surface area contributed by atoms with Crippen molar-refractivity contribution in [2.24, 2.45) is 5.92 Å². The zero-order chi connectivity index (χ0) is 16.1. The molecule has 0 radical (unpaired) electrons. The molecule has 22 heavy (non-hydrogen) atoms. The summed E-state index contributed by atoms with van der Waals surface area (Å²) in [6.45, 7) is 7.30. The molecule has 1 aromatic rings. The number of nitrogens with one attached hydrogen (secondary N) is 1. The van der Waals surface area contributed by atoms with Gasteiger partial charge in [-0.1, -0.05) is 43.7 Å². The lowest BCUT2D eigenvalue weighted by Crippen LogP contribution is -2.39. The Labute approximate surface area is 132 Å². The summed E-state index contributed by atoms with van der Waals surface area (Å²) in [6.07, 6.45) is 2.18. The van der Waals surface area contributed by atoms with Crippen molar-refractivity contribution in [2.45, 2.75) is 52.6 Å². The van der Waals surface area contributed by atoms with Gasteiger partial charge in [0.1, 0.15) is 0 Å². The highest BCUT2D eigenvalue weighted by Crippen LogP contribution is 2.21. The second kappa shape index (κ2) is 7.43. The molecule has 1 aliphatic heterocycles. The van der Waals surface area contributed by atoms with Gasteiger partial charge in [-0.25, -0.2) is 0 Å². The Morgan fingerprint density at radius 2 is 1.91 bits per heavy atom. The molecular weight excluding hydrogens is 276 g/mol. The van der Waals surface area contributed by atoms with Crippen LogP contribution in [-0.4, -0.2) is 29.3 Å². The predicted molar refractivity (Wildman–Crippen MR) is 87.2 cm³/mol. The van der Waals surface area contributed by atoms with Gasteiger partial charge in [0.15, 0.2) is 0 Å². The number of rotatable bonds is 6. The van der Waals surface area contributed by atoms with Gasteiger partial charge in [0.05, 0.1) is 5.92 Å². The van der Waals surface area contributed by atoms with E-state index in [2.05, 4.69) is 19.2 Å². The van der Waals surface area contributed by atoms with E-state index in [1.807, 2.05) is 31.2 Å². The molecule has 0 saturated carbocycles. The van der Waals surface area contributed by atoms with Crippen molar-refractivity contribution in [3.63, 3.8) is 0 Å². The van der Waals surface area contributed by atoms with E-state index in [1.165, 1.54) is 5.56 Å². The van der Waals surface area contributed by atoms with Crippen LogP contribution < -0.4 is 5.32 Å². The zero-order valence-electron chi connectivity index (χ0n) is 13.8. The van der Waals surface area contributed by atoms with Crippen LogP contribution in [-0.2, 0) is 16.1 Å². The van der Waals surface area contributed by atoms with Gasteiger partial charge in [0.25, 0.3) is 0 Å². The van der Waals surface area contributed by atoms with E-state index in [4.69, 9.17) is 0 Å². The third-order valence-electron chi connectivity index (χ3n) is 4.41. The maximum atomic E-state index is 12.3. The van der Waals surface area contributed by atoms with Crippen molar-refractivity contribution in [2.75, 3.05) is 6.54 Å². The molecule has 120 valence electrons. The molecule has 1 unspecified atom stereocenters. The van der Waals surface area contributed by atoms with Crippen LogP contribution in [0.4, 0.5) is 0 Å². The second-order valence-electron chi connectivity index (χ2n) is 6.18. The lowest BCUT2D eigenvalue weighted by molar-refractivity contribution is -0.129. The molecule has 0 aromatic heterocycles. The first-order valence-corrected chi connectivity index (χ1v) is 8.17. The van der Waals surface area contributed by atoms with E-state index in [-0.39, 0.29) is 23.8 Å². The van der Waals surface area contributed by atoms with Crippen LogP contribution in [0.3, 0.4) is 0 Å². The molecule has 1 atom stereocenters. The average molecular weight is 302 g/mol. The summed E-state index contributed by atoms with van der Waals surface area (Å²) in [5.41, 5.74) is 2.32. The maximum absolute atomic E-state index is 12.3. The lowest BCUT2D eigenvalue weighted by Gasteiger charge is -2.19. The summed E-state index contributed by atoms with van der Waals surface area (Å²) >= 11 is 0. The highest BCUT2D eigenvalue weighted by atomic mass is 16.2. The minimum absolute atomic E-state index is 0.0217. The van der Waals surface area contributed by atoms with Crippen LogP contribution in [0.25, 0.3) is 0 Å². The van der Waals surface area contributed by atoms with Crippen LogP contribution in [0.2, 0.25) is 0 Å². The number of amides is 2. The van der Waals surface area contributed by atoms with Crippen LogP contribution in [0, 0.1) is 12.8 Å². The van der Waals surface area contributed by atoms with Crippen molar-refractivity contribution >= 4 is 11.8 Å². The normalized spacial score (nSPS) is 18.1. The summed E-state index contributed by atoms with van der Waals surface area (Å²) in [5, 5.41) is 3.05. The Balaban J connectivity index is 1.92. The zero-order valence-corrected chi connectivity index (χ0v) is 13.8. The molecular formula is C18H26N2O2. The fourth-order valence-corrected chi connectivity index (χ4v) is 2.83. The molecule has 0 bridgehead atoms. The second-order valence-corrected chi connectivity index (χ2v) is 6.18. The van der Waals surface area contributed by atoms with Crippen LogP contribution >= 0.6 is 0 Å². The fourth-order valence-electron chi connectivity index (χ4n) is 2.83. The fraction of sp³-hybridized carbons (Fsp3) is 0.556. The first-order valence-electron chi connectivity index (χ1n) is 8.17. The molecule has 0 aliphatic carbocycles. The van der Waals surface area contributed by atoms with Gasteiger partial charge in [0, 0.05) is 25.6 Å². The Kier molecular flexibility index (Phi) is 5.58. The van der Waals surface area contributed by atoms with Crippen molar-refractivity contribution in [3.05, 3.63) is 35.4 Å². The summed E-state index contributed by atoms with van der Waals surface area (Å²) < 4.78 is 0. The number of benzene rings is 1. The van der Waals surface area contributed by atoms with E-state index in [0.29, 0.717) is 19.5 Å². The monoisotopic (exact) mass is 302 g/mol. The minimum atomic E-state index is -0.210. The van der Waals surface area contributed by atoms with Gasteiger partial charge in [-0.3, -0.25) is 9.59 Å². The standard InChI is InChI=1S/C18H26N2O2/c1-4-16(5-2)19-18(22)15-10-17(21)20(12-15)11-14-8-6-13(3)7-9-14/h6-9,15-16H,4-5,10-12H2,1-3H3,(H,19,22). The minimum Gasteiger partial charge on any atom is -0.353 e. The van der Waals surface area contributed by atoms with E-state index < -0.39 is 0 Å². The van der Waals surface area contributed by atoms with E-state index in [0.717, 1.165) is 18.4 Å². The molecule has 2 rings (SSSR count). The number of likely N-dealkylation sites (tertiary alicyclic amines) is 1. The van der Waals surface area contributed by atoms with Crippen molar-refractivity contribution in [3.8, 4) is 0 Å². The van der Waals surface area contributed by atoms with Crippen molar-refractivity contribution < 1.29 is 9.59 Å². The first kappa shape index (κ1) is 16.5. The highest BCUT2D eigenvalue weighted by molar-refractivity contribution is 5.89. The van der Waals surface area contributed by atoms with Crippen molar-refractivity contribution in [1.82, 2.24) is 10.2 Å². The van der Waals surface area contributed by atoms with E-state index in [9.17, 15) is 9.59 Å². The van der Waals surface area contributed by atoms with Crippen LogP contribution in [0.1, 0.15) is 44.2 Å². The number of aryl methyl sites for hydroxylation is 1. The topological polar surface area (TPSA) is 49.4 Å². The Bertz CT molecular complexity index is 520. The van der Waals surface area contributed by atoms with Crippen LogP contribution in [0.5, 0.6) is 0 Å². The molecule has 1 aliphatic rings. The molecule has 2 amide bonds. The number of carbonyl (C=O) groups is 2. The van der Waals surface area contributed by atoms with Gasteiger partial charge in [-0.05, 0) is 25.3 Å². The van der Waals surface area contributed by atoms with Gasteiger partial charge in [-0.2, -0.15) is 0 Å². The summed E-state index contributed by atoms with van der Waals surface area (Å²) in [4.78, 5) is 26.2. The molecule has 1 fully saturated rings. The summed E-state index contributed by atoms with van der Waals surface area (Å²) in [5.74, 6) is -0.114. The predicted octanol–water partition coefficient (Wildman–Crippen LogP) is 2.65. The van der Waals surface area contributed by atoms with Gasteiger partial charge in [0.2, 0.25) is 11.8 Å². The quantitative estimate of drug-likeness (QED) is 0.878. The molecule has 1 N–H and O–H groups in total. The van der Waals surface area contributed by atoms with Gasteiger partial charge in [-0.15, -0.1) is 0 Å². The third-order valence-corrected chi connectivity index (χ3v) is 4.41. The van der Waals surface area contributed by atoms with Crippen molar-refractivity contribution in [1.29, 1.82) is 0 Å². The summed E-state index contributed by atoms with van der Waals surface area (Å²) in [7, 11) is 0. The maximum Gasteiger partial charge on any atom is 0.225 e. The number of hydrogen-bond acceptors (Lipinski definition) is 2. The average Bonchev–Trinajstić information content (AvgIpc) is 2.88. The Morgan fingerprint density at radius 3 is 2.50 bits per heavy atom. The highest BCUT2D eigenvalue weighted by Gasteiger charge is 2.34. The van der Waals surface area contributed by atoms with Gasteiger partial charge >= 0.3 is 0 Å². The molecule has 1 aromatic carbocycles. The van der Waals surface area contributed by atoms with Crippen LogP contribution in [0.15, 0.2) is 24.3 Å². The first-order chi connectivity index (χ1) is 10.5. The van der Waals surface area contributed by atoms with Gasteiger partial charge < -0.3 is 10.2 Å². The number of hydrogen-bond donors (Lipinski definition) is 1. The Hall–Kier alpha value is -1.84. The SMILES string of the molecule is CCC(CC)NC(=O)C1CC(=O)N(Cc2ccc(C)cc2)C1. The smallest absolute Gasteiger partial charge is 0.225 e. The third kappa shape index (κ3) is 4.09. The molecule has 1 saturated heterocycles.